The first kappa shape index (κ1) is 19.1. The van der Waals surface area contributed by atoms with Gasteiger partial charge in [0.2, 0.25) is 0 Å². The predicted octanol–water partition coefficient (Wildman–Crippen LogP) is 4.09. The van der Waals surface area contributed by atoms with Gasteiger partial charge in [0, 0.05) is 32.3 Å². The van der Waals surface area contributed by atoms with E-state index in [2.05, 4.69) is 47.6 Å². The molecule has 2 aliphatic rings. The van der Waals surface area contributed by atoms with E-state index in [4.69, 9.17) is 0 Å². The smallest absolute Gasteiger partial charge is 0.274 e. The normalized spacial score (nSPS) is 18.7. The minimum Gasteiger partial charge on any atom is -0.392 e. The van der Waals surface area contributed by atoms with Gasteiger partial charge in [0.1, 0.15) is 5.69 Å². The summed E-state index contributed by atoms with van der Waals surface area (Å²) in [4.78, 5) is 14.6. The SMILES string of the molecule is Cn1ccc(C(=O)N2CCC(c3ccc(-c4ccccc4C4CC4)cc3CO)C2)n1. The Bertz CT molecular complexity index is 1080. The lowest BCUT2D eigenvalue weighted by Gasteiger charge is -2.18. The van der Waals surface area contributed by atoms with Crippen LogP contribution >= 0.6 is 0 Å². The lowest BCUT2D eigenvalue weighted by Crippen LogP contribution is -2.29. The Balaban J connectivity index is 1.39. The fraction of sp³-hybridized carbons (Fsp3) is 0.360. The van der Waals surface area contributed by atoms with Gasteiger partial charge in [0.05, 0.1) is 6.61 Å². The largest absolute Gasteiger partial charge is 0.392 e. The quantitative estimate of drug-likeness (QED) is 0.701. The molecule has 154 valence electrons. The van der Waals surface area contributed by atoms with Crippen molar-refractivity contribution in [3.63, 3.8) is 0 Å². The van der Waals surface area contributed by atoms with Crippen LogP contribution in [0.1, 0.15) is 58.3 Å². The number of aryl methyl sites for hydroxylation is 1. The van der Waals surface area contributed by atoms with Crippen molar-refractivity contribution in [1.82, 2.24) is 14.7 Å². The molecule has 0 bridgehead atoms. The maximum Gasteiger partial charge on any atom is 0.274 e. The number of nitrogens with zero attached hydrogens (tertiary/aromatic N) is 3. The van der Waals surface area contributed by atoms with E-state index in [1.165, 1.54) is 29.5 Å². The highest BCUT2D eigenvalue weighted by atomic mass is 16.3. The average Bonchev–Trinajstić information content (AvgIpc) is 3.35. The molecule has 5 heteroatoms. The van der Waals surface area contributed by atoms with Crippen molar-refractivity contribution in [3.8, 4) is 11.1 Å². The summed E-state index contributed by atoms with van der Waals surface area (Å²) in [6, 6.07) is 16.9. The lowest BCUT2D eigenvalue weighted by atomic mass is 9.89. The summed E-state index contributed by atoms with van der Waals surface area (Å²) >= 11 is 0. The fourth-order valence-corrected chi connectivity index (χ4v) is 4.71. The summed E-state index contributed by atoms with van der Waals surface area (Å²) < 4.78 is 1.66. The third-order valence-corrected chi connectivity index (χ3v) is 6.45. The van der Waals surface area contributed by atoms with Gasteiger partial charge in [-0.1, -0.05) is 36.4 Å². The number of hydrogen-bond acceptors (Lipinski definition) is 3. The van der Waals surface area contributed by atoms with Crippen molar-refractivity contribution in [2.45, 2.75) is 37.7 Å². The molecule has 0 spiro atoms. The highest BCUT2D eigenvalue weighted by molar-refractivity contribution is 5.92. The molecule has 1 unspecified atom stereocenters. The molecule has 1 saturated carbocycles. The van der Waals surface area contributed by atoms with Crippen LogP contribution < -0.4 is 0 Å². The molecule has 5 rings (SSSR count). The Kier molecular flexibility index (Phi) is 4.91. The van der Waals surface area contributed by atoms with E-state index < -0.39 is 0 Å². The standard InChI is InChI=1S/C25H27N3O2/c1-27-12-11-24(26-27)25(30)28-13-10-19(15-28)21-9-8-18(14-20(21)16-29)23-5-3-2-4-22(23)17-6-7-17/h2-5,8-9,11-12,14,17,19,29H,6-7,10,13,15-16H2,1H3. The number of aliphatic hydroxyl groups is 1. The van der Waals surface area contributed by atoms with Crippen molar-refractivity contribution < 1.29 is 9.90 Å². The van der Waals surface area contributed by atoms with Crippen LogP contribution in [0.3, 0.4) is 0 Å². The van der Waals surface area contributed by atoms with Crippen molar-refractivity contribution in [2.75, 3.05) is 13.1 Å². The molecule has 5 nitrogen and oxygen atoms in total. The Hall–Kier alpha value is -2.92. The number of carbonyl (C=O) groups is 1. The monoisotopic (exact) mass is 401 g/mol. The van der Waals surface area contributed by atoms with E-state index in [1.807, 2.05) is 11.9 Å². The molecule has 0 radical (unpaired) electrons. The Morgan fingerprint density at radius 2 is 1.90 bits per heavy atom. The molecule has 3 aromatic rings. The van der Waals surface area contributed by atoms with Gasteiger partial charge in [-0.05, 0) is 65.1 Å². The maximum atomic E-state index is 12.7. The van der Waals surface area contributed by atoms with Gasteiger partial charge >= 0.3 is 0 Å². The molecular formula is C25H27N3O2. The van der Waals surface area contributed by atoms with Crippen LogP contribution in [0.2, 0.25) is 0 Å². The molecule has 2 fully saturated rings. The van der Waals surface area contributed by atoms with Crippen molar-refractivity contribution in [3.05, 3.63) is 77.1 Å². The summed E-state index contributed by atoms with van der Waals surface area (Å²) in [5, 5.41) is 14.3. The number of hydrogen-bond donors (Lipinski definition) is 1. The first-order chi connectivity index (χ1) is 14.6. The van der Waals surface area contributed by atoms with Crippen LogP contribution in [0, 0.1) is 0 Å². The van der Waals surface area contributed by atoms with Gasteiger partial charge in [-0.15, -0.1) is 0 Å². The number of aromatic nitrogens is 2. The van der Waals surface area contributed by atoms with E-state index >= 15 is 0 Å². The topological polar surface area (TPSA) is 58.4 Å². The second kappa shape index (κ2) is 7.73. The van der Waals surface area contributed by atoms with Crippen LogP contribution in [0.5, 0.6) is 0 Å². The van der Waals surface area contributed by atoms with Gasteiger partial charge in [-0.3, -0.25) is 9.48 Å². The first-order valence-corrected chi connectivity index (χ1v) is 10.8. The summed E-state index contributed by atoms with van der Waals surface area (Å²) in [6.45, 7) is 1.40. The van der Waals surface area contributed by atoms with Crippen LogP contribution in [-0.4, -0.2) is 38.8 Å². The highest BCUT2D eigenvalue weighted by Gasteiger charge is 2.31. The van der Waals surface area contributed by atoms with Gasteiger partial charge < -0.3 is 10.0 Å². The second-order valence-corrected chi connectivity index (χ2v) is 8.54. The summed E-state index contributed by atoms with van der Waals surface area (Å²) in [6.07, 6.45) is 5.24. The molecule has 1 saturated heterocycles. The van der Waals surface area contributed by atoms with Gasteiger partial charge in [-0.2, -0.15) is 5.10 Å². The van der Waals surface area contributed by atoms with Crippen LogP contribution in [0.4, 0.5) is 0 Å². The van der Waals surface area contributed by atoms with E-state index in [0.717, 1.165) is 24.1 Å². The van der Waals surface area contributed by atoms with Gasteiger partial charge in [-0.25, -0.2) is 0 Å². The zero-order valence-corrected chi connectivity index (χ0v) is 17.3. The zero-order chi connectivity index (χ0) is 20.7. The molecule has 2 aromatic carbocycles. The second-order valence-electron chi connectivity index (χ2n) is 8.54. The highest BCUT2D eigenvalue weighted by Crippen LogP contribution is 2.44. The number of benzene rings is 2. The predicted molar refractivity (Wildman–Crippen MR) is 116 cm³/mol. The Labute approximate surface area is 177 Å². The molecule has 1 amide bonds. The average molecular weight is 402 g/mol. The molecule has 1 aliphatic carbocycles. The third-order valence-electron chi connectivity index (χ3n) is 6.45. The molecule has 2 heterocycles. The fourth-order valence-electron chi connectivity index (χ4n) is 4.71. The number of amides is 1. The summed E-state index contributed by atoms with van der Waals surface area (Å²) in [5.74, 6) is 0.908. The molecule has 1 aliphatic heterocycles. The lowest BCUT2D eigenvalue weighted by molar-refractivity contribution is 0.0784. The third kappa shape index (κ3) is 3.54. The number of aliphatic hydroxyl groups excluding tert-OH is 1. The van der Waals surface area contributed by atoms with Crippen LogP contribution in [0.15, 0.2) is 54.7 Å². The summed E-state index contributed by atoms with van der Waals surface area (Å²) in [5.41, 5.74) is 6.48. The van der Waals surface area contributed by atoms with Gasteiger partial charge in [0.15, 0.2) is 0 Å². The molecule has 1 aromatic heterocycles. The zero-order valence-electron chi connectivity index (χ0n) is 17.3. The number of likely N-dealkylation sites (tertiary alicyclic amines) is 1. The van der Waals surface area contributed by atoms with E-state index in [0.29, 0.717) is 18.2 Å². The van der Waals surface area contributed by atoms with Crippen molar-refractivity contribution in [2.24, 2.45) is 7.05 Å². The molecule has 1 atom stereocenters. The van der Waals surface area contributed by atoms with Crippen LogP contribution in [0.25, 0.3) is 11.1 Å². The van der Waals surface area contributed by atoms with E-state index in [-0.39, 0.29) is 18.4 Å². The van der Waals surface area contributed by atoms with Gasteiger partial charge in [0.25, 0.3) is 5.91 Å². The van der Waals surface area contributed by atoms with Crippen molar-refractivity contribution >= 4 is 5.91 Å². The maximum absolute atomic E-state index is 12.7. The molecular weight excluding hydrogens is 374 g/mol. The van der Waals surface area contributed by atoms with Crippen molar-refractivity contribution in [1.29, 1.82) is 0 Å². The number of rotatable bonds is 5. The summed E-state index contributed by atoms with van der Waals surface area (Å²) in [7, 11) is 1.82. The minimum atomic E-state index is -0.0152. The van der Waals surface area contributed by atoms with E-state index in [9.17, 15) is 9.90 Å². The number of carbonyl (C=O) groups excluding carboxylic acids is 1. The van der Waals surface area contributed by atoms with Crippen LogP contribution in [-0.2, 0) is 13.7 Å². The first-order valence-electron chi connectivity index (χ1n) is 10.8. The van der Waals surface area contributed by atoms with E-state index in [1.54, 1.807) is 16.9 Å². The molecule has 1 N–H and O–H groups in total. The Morgan fingerprint density at radius 3 is 2.63 bits per heavy atom. The minimum absolute atomic E-state index is 0.0133. The molecule has 30 heavy (non-hydrogen) atoms. The Morgan fingerprint density at radius 1 is 1.07 bits per heavy atom.